The summed E-state index contributed by atoms with van der Waals surface area (Å²) >= 11 is 0. The maximum Gasteiger partial charge on any atom is 0.227 e. The second kappa shape index (κ2) is 11.4. The van der Waals surface area contributed by atoms with Crippen molar-refractivity contribution in [3.8, 4) is 56.7 Å². The number of benzene rings is 7. The number of nitrogens with zero attached hydrogens (tertiary/aromatic N) is 4. The van der Waals surface area contributed by atoms with Gasteiger partial charge in [0.15, 0.2) is 23.1 Å². The Labute approximate surface area is 286 Å². The molecule has 3 aromatic heterocycles. The van der Waals surface area contributed by atoms with Gasteiger partial charge in [-0.2, -0.15) is 0 Å². The first-order valence-corrected chi connectivity index (χ1v) is 16.5. The molecule has 0 aliphatic heterocycles. The van der Waals surface area contributed by atoms with Crippen LogP contribution in [-0.2, 0) is 0 Å². The van der Waals surface area contributed by atoms with Crippen molar-refractivity contribution < 1.29 is 8.83 Å². The van der Waals surface area contributed by atoms with E-state index in [0.29, 0.717) is 23.4 Å². The molecular weight excluding hydrogens is 617 g/mol. The van der Waals surface area contributed by atoms with E-state index in [1.807, 2.05) is 103 Å². The van der Waals surface area contributed by atoms with Gasteiger partial charge in [-0.3, -0.25) is 0 Å². The van der Waals surface area contributed by atoms with Gasteiger partial charge in [-0.05, 0) is 46.7 Å². The van der Waals surface area contributed by atoms with Crippen LogP contribution in [0, 0.1) is 0 Å². The number of rotatable bonds is 5. The highest BCUT2D eigenvalue weighted by Gasteiger charge is 2.17. The summed E-state index contributed by atoms with van der Waals surface area (Å²) in [6.45, 7) is 0. The van der Waals surface area contributed by atoms with Crippen LogP contribution in [0.2, 0.25) is 0 Å². The fourth-order valence-electron chi connectivity index (χ4n) is 6.72. The maximum absolute atomic E-state index is 6.49. The second-order valence-corrected chi connectivity index (χ2v) is 12.3. The lowest BCUT2D eigenvalue weighted by molar-refractivity contribution is 0.621. The zero-order chi connectivity index (χ0) is 33.0. The van der Waals surface area contributed by atoms with Crippen molar-refractivity contribution in [2.45, 2.75) is 0 Å². The molecule has 7 aromatic carbocycles. The normalized spacial score (nSPS) is 11.6. The minimum absolute atomic E-state index is 0.577. The Kier molecular flexibility index (Phi) is 6.39. The molecule has 3 heterocycles. The molecule has 0 N–H and O–H groups in total. The van der Waals surface area contributed by atoms with Crippen LogP contribution in [0.25, 0.3) is 101 Å². The Bertz CT molecular complexity index is 2870. The van der Waals surface area contributed by atoms with Crippen molar-refractivity contribution in [2.75, 3.05) is 0 Å². The minimum atomic E-state index is 0.577. The van der Waals surface area contributed by atoms with E-state index in [-0.39, 0.29) is 0 Å². The maximum atomic E-state index is 6.49. The predicted octanol–water partition coefficient (Wildman–Crippen LogP) is 11.4. The molecule has 6 heteroatoms. The molecular formula is C44H26N4O2. The highest BCUT2D eigenvalue weighted by Crippen LogP contribution is 2.36. The number of hydrogen-bond donors (Lipinski definition) is 0. The highest BCUT2D eigenvalue weighted by atomic mass is 16.3. The number of furan rings is 1. The molecule has 0 saturated heterocycles. The van der Waals surface area contributed by atoms with Crippen LogP contribution in [0.5, 0.6) is 0 Å². The molecule has 10 aromatic rings. The Balaban J connectivity index is 1.05. The minimum Gasteiger partial charge on any atom is -0.456 e. The van der Waals surface area contributed by atoms with E-state index in [0.717, 1.165) is 77.2 Å². The van der Waals surface area contributed by atoms with Crippen molar-refractivity contribution in [2.24, 2.45) is 0 Å². The van der Waals surface area contributed by atoms with E-state index in [9.17, 15) is 0 Å². The third kappa shape index (κ3) is 4.73. The summed E-state index contributed by atoms with van der Waals surface area (Å²) in [5, 5.41) is 4.40. The monoisotopic (exact) mass is 642 g/mol. The summed E-state index contributed by atoms with van der Waals surface area (Å²) in [6.07, 6.45) is 0. The van der Waals surface area contributed by atoms with Crippen LogP contribution in [0.15, 0.2) is 167 Å². The fraction of sp³-hybridized carbons (Fsp3) is 0. The van der Waals surface area contributed by atoms with Gasteiger partial charge in [0.25, 0.3) is 0 Å². The molecule has 0 saturated carbocycles. The SMILES string of the molecule is c1ccc(-c2nc(-c3ccc(-c4cccc5nc(-c6cccc7ccccc67)oc45)cc3)nc(-c3ccc4c(c3)oc3ccccc34)n2)cc1. The smallest absolute Gasteiger partial charge is 0.227 e. The van der Waals surface area contributed by atoms with E-state index in [1.54, 1.807) is 0 Å². The van der Waals surface area contributed by atoms with Gasteiger partial charge in [0.05, 0.1) is 0 Å². The third-order valence-electron chi connectivity index (χ3n) is 9.19. The predicted molar refractivity (Wildman–Crippen MR) is 199 cm³/mol. The van der Waals surface area contributed by atoms with Crippen molar-refractivity contribution in [3.63, 3.8) is 0 Å². The van der Waals surface area contributed by atoms with Gasteiger partial charge in [0, 0.05) is 38.6 Å². The molecule has 50 heavy (non-hydrogen) atoms. The Hall–Kier alpha value is -6.92. The highest BCUT2D eigenvalue weighted by molar-refractivity contribution is 6.05. The van der Waals surface area contributed by atoms with Gasteiger partial charge in [0.2, 0.25) is 5.89 Å². The number of aromatic nitrogens is 4. The molecule has 0 bridgehead atoms. The number of fused-ring (bicyclic) bond motifs is 5. The molecule has 0 aliphatic carbocycles. The molecule has 234 valence electrons. The van der Waals surface area contributed by atoms with Crippen molar-refractivity contribution in [1.82, 2.24) is 19.9 Å². The number of oxazole rings is 1. The second-order valence-electron chi connectivity index (χ2n) is 12.3. The summed E-state index contributed by atoms with van der Waals surface area (Å²) < 4.78 is 12.7. The molecule has 0 amide bonds. The fourth-order valence-corrected chi connectivity index (χ4v) is 6.72. The van der Waals surface area contributed by atoms with Crippen LogP contribution in [-0.4, -0.2) is 19.9 Å². The first-order chi connectivity index (χ1) is 24.7. The molecule has 10 rings (SSSR count). The molecule has 0 aliphatic rings. The molecule has 0 atom stereocenters. The topological polar surface area (TPSA) is 77.8 Å². The van der Waals surface area contributed by atoms with E-state index in [1.165, 1.54) is 0 Å². The Morgan fingerprint density at radius 1 is 0.360 bits per heavy atom. The average Bonchev–Trinajstić information content (AvgIpc) is 3.79. The zero-order valence-corrected chi connectivity index (χ0v) is 26.6. The summed E-state index contributed by atoms with van der Waals surface area (Å²) in [7, 11) is 0. The van der Waals surface area contributed by atoms with Crippen LogP contribution >= 0.6 is 0 Å². The van der Waals surface area contributed by atoms with Crippen LogP contribution in [0.3, 0.4) is 0 Å². The van der Waals surface area contributed by atoms with Gasteiger partial charge in [-0.25, -0.2) is 19.9 Å². The van der Waals surface area contributed by atoms with Crippen LogP contribution in [0.1, 0.15) is 0 Å². The Morgan fingerprint density at radius 3 is 1.80 bits per heavy atom. The summed E-state index contributed by atoms with van der Waals surface area (Å²) in [6, 6.07) is 53.0. The lowest BCUT2D eigenvalue weighted by atomic mass is 10.0. The van der Waals surface area contributed by atoms with Gasteiger partial charge in [-0.15, -0.1) is 0 Å². The molecule has 0 radical (unpaired) electrons. The molecule has 0 fully saturated rings. The first kappa shape index (κ1) is 28.1. The zero-order valence-electron chi connectivity index (χ0n) is 26.6. The van der Waals surface area contributed by atoms with Gasteiger partial charge >= 0.3 is 0 Å². The molecule has 0 unspecified atom stereocenters. The van der Waals surface area contributed by atoms with E-state index in [4.69, 9.17) is 28.8 Å². The van der Waals surface area contributed by atoms with E-state index < -0.39 is 0 Å². The van der Waals surface area contributed by atoms with Crippen LogP contribution in [0.4, 0.5) is 0 Å². The first-order valence-electron chi connectivity index (χ1n) is 16.5. The summed E-state index contributed by atoms with van der Waals surface area (Å²) in [4.78, 5) is 19.7. The average molecular weight is 643 g/mol. The molecule has 6 nitrogen and oxygen atoms in total. The standard InChI is InChI=1S/C44H26N4O2/c1-2-11-29(12-3-1)41-46-42(48-43(47-41)31-24-25-35-34-15-6-7-19-38(34)49-39(35)26-31)30-22-20-28(21-23-30)33-16-9-18-37-40(33)50-44(45-37)36-17-8-13-27-10-4-5-14-32(27)36/h1-26H. The summed E-state index contributed by atoms with van der Waals surface area (Å²) in [5.74, 6) is 2.37. The third-order valence-corrected chi connectivity index (χ3v) is 9.19. The largest absolute Gasteiger partial charge is 0.456 e. The number of para-hydroxylation sites is 2. The lowest BCUT2D eigenvalue weighted by Gasteiger charge is -2.09. The van der Waals surface area contributed by atoms with Crippen molar-refractivity contribution in [1.29, 1.82) is 0 Å². The summed E-state index contributed by atoms with van der Waals surface area (Å²) in [5.41, 5.74) is 8.80. The van der Waals surface area contributed by atoms with Crippen LogP contribution < -0.4 is 0 Å². The van der Waals surface area contributed by atoms with E-state index in [2.05, 4.69) is 54.6 Å². The lowest BCUT2D eigenvalue weighted by Crippen LogP contribution is -2.00. The molecule has 0 spiro atoms. The van der Waals surface area contributed by atoms with E-state index >= 15 is 0 Å². The number of hydrogen-bond acceptors (Lipinski definition) is 6. The van der Waals surface area contributed by atoms with Gasteiger partial charge in [0.1, 0.15) is 16.7 Å². The van der Waals surface area contributed by atoms with Gasteiger partial charge < -0.3 is 8.83 Å². The Morgan fingerprint density at radius 2 is 0.960 bits per heavy atom. The van der Waals surface area contributed by atoms with Crippen molar-refractivity contribution >= 4 is 43.8 Å². The van der Waals surface area contributed by atoms with Crippen molar-refractivity contribution in [3.05, 3.63) is 158 Å². The quantitative estimate of drug-likeness (QED) is 0.186. The van der Waals surface area contributed by atoms with Gasteiger partial charge in [-0.1, -0.05) is 127 Å².